The minimum absolute atomic E-state index is 0.0978. The Kier molecular flexibility index (Phi) is 5.88. The molecule has 1 saturated carbocycles. The Bertz CT molecular complexity index is 139. The summed E-state index contributed by atoms with van der Waals surface area (Å²) in [6.07, 6.45) is 9.59. The molecule has 84 valence electrons. The number of alkyl halides is 1. The van der Waals surface area contributed by atoms with Gasteiger partial charge in [0, 0.05) is 0 Å². The van der Waals surface area contributed by atoms with Crippen LogP contribution in [-0.2, 0) is 4.74 Å². The van der Waals surface area contributed by atoms with Gasteiger partial charge in [-0.05, 0) is 18.8 Å². The van der Waals surface area contributed by atoms with Gasteiger partial charge in [-0.1, -0.05) is 57.6 Å². The molecule has 14 heavy (non-hydrogen) atoms. The molecule has 2 heteroatoms. The predicted octanol–water partition coefficient (Wildman–Crippen LogP) is 4.34. The molecule has 0 heterocycles. The maximum absolute atomic E-state index is 6.12. The van der Waals surface area contributed by atoms with Gasteiger partial charge >= 0.3 is 0 Å². The summed E-state index contributed by atoms with van der Waals surface area (Å²) in [4.78, 5) is 0. The minimum atomic E-state index is -0.0978. The predicted molar refractivity (Wildman–Crippen MR) is 61.7 cm³/mol. The van der Waals surface area contributed by atoms with E-state index in [1.54, 1.807) is 0 Å². The van der Waals surface area contributed by atoms with Gasteiger partial charge < -0.3 is 4.74 Å². The Morgan fingerprint density at radius 1 is 1.00 bits per heavy atom. The minimum Gasteiger partial charge on any atom is -0.359 e. The summed E-state index contributed by atoms with van der Waals surface area (Å²) in [5.74, 6) is 0.419. The lowest BCUT2D eigenvalue weighted by atomic mass is 9.98. The van der Waals surface area contributed by atoms with Crippen LogP contribution >= 0.6 is 11.6 Å². The maximum Gasteiger partial charge on any atom is 0.133 e. The lowest BCUT2D eigenvalue weighted by molar-refractivity contribution is -0.00370. The molecule has 1 atom stereocenters. The summed E-state index contributed by atoms with van der Waals surface area (Å²) < 4.78 is 5.85. The quantitative estimate of drug-likeness (QED) is 0.641. The fourth-order valence-electron chi connectivity index (χ4n) is 1.90. The van der Waals surface area contributed by atoms with E-state index >= 15 is 0 Å². The second kappa shape index (κ2) is 6.68. The molecule has 0 radical (unpaired) electrons. The molecular weight excluding hydrogens is 196 g/mol. The highest BCUT2D eigenvalue weighted by molar-refractivity contribution is 6.19. The summed E-state index contributed by atoms with van der Waals surface area (Å²) in [6.45, 7) is 4.22. The second-order valence-electron chi connectivity index (χ2n) is 4.70. The zero-order valence-electron chi connectivity index (χ0n) is 9.47. The van der Waals surface area contributed by atoms with Gasteiger partial charge in [0.15, 0.2) is 0 Å². The van der Waals surface area contributed by atoms with Crippen molar-refractivity contribution in [1.82, 2.24) is 0 Å². The van der Waals surface area contributed by atoms with Crippen LogP contribution in [0.15, 0.2) is 0 Å². The highest BCUT2D eigenvalue weighted by Gasteiger charge is 2.17. The van der Waals surface area contributed by atoms with Crippen molar-refractivity contribution in [2.75, 3.05) is 0 Å². The second-order valence-corrected chi connectivity index (χ2v) is 5.13. The maximum atomic E-state index is 6.12. The lowest BCUT2D eigenvalue weighted by Gasteiger charge is -2.24. The van der Waals surface area contributed by atoms with E-state index in [-0.39, 0.29) is 5.56 Å². The van der Waals surface area contributed by atoms with Crippen LogP contribution in [0.1, 0.15) is 58.8 Å². The number of ether oxygens (including phenoxy) is 1. The standard InChI is InChI=1S/C12H23ClO/c1-10(2)12(13)14-11-8-6-4-3-5-7-9-11/h10-12H,3-9H2,1-2H3. The van der Waals surface area contributed by atoms with Crippen molar-refractivity contribution in [1.29, 1.82) is 0 Å². The molecule has 0 saturated heterocycles. The van der Waals surface area contributed by atoms with Crippen molar-refractivity contribution in [2.45, 2.75) is 70.5 Å². The van der Waals surface area contributed by atoms with Gasteiger partial charge in [-0.2, -0.15) is 0 Å². The summed E-state index contributed by atoms with van der Waals surface area (Å²) >= 11 is 6.12. The van der Waals surface area contributed by atoms with Crippen LogP contribution in [-0.4, -0.2) is 11.7 Å². The first kappa shape index (κ1) is 12.3. The van der Waals surface area contributed by atoms with Crippen molar-refractivity contribution >= 4 is 11.6 Å². The first-order chi connectivity index (χ1) is 6.70. The third kappa shape index (κ3) is 4.65. The van der Waals surface area contributed by atoms with Gasteiger partial charge in [0.25, 0.3) is 0 Å². The fraction of sp³-hybridized carbons (Fsp3) is 1.00. The average Bonchev–Trinajstić information content (AvgIpc) is 2.08. The first-order valence-electron chi connectivity index (χ1n) is 5.99. The Hall–Kier alpha value is 0.250. The average molecular weight is 219 g/mol. The molecule has 1 unspecified atom stereocenters. The molecule has 0 aromatic rings. The van der Waals surface area contributed by atoms with Crippen LogP contribution in [0.3, 0.4) is 0 Å². The van der Waals surface area contributed by atoms with E-state index in [2.05, 4.69) is 13.8 Å². The zero-order chi connectivity index (χ0) is 10.4. The molecule has 0 aromatic heterocycles. The number of rotatable bonds is 3. The van der Waals surface area contributed by atoms with Gasteiger partial charge in [0.1, 0.15) is 5.56 Å². The molecule has 0 bridgehead atoms. The van der Waals surface area contributed by atoms with Crippen LogP contribution < -0.4 is 0 Å². The SMILES string of the molecule is CC(C)C(Cl)OC1CCCCCCC1. The van der Waals surface area contributed by atoms with Crippen molar-refractivity contribution in [3.05, 3.63) is 0 Å². The molecule has 0 spiro atoms. The first-order valence-corrected chi connectivity index (χ1v) is 6.43. The van der Waals surface area contributed by atoms with Crippen molar-refractivity contribution in [2.24, 2.45) is 5.92 Å². The Morgan fingerprint density at radius 3 is 2.00 bits per heavy atom. The smallest absolute Gasteiger partial charge is 0.133 e. The van der Waals surface area contributed by atoms with Crippen LogP contribution in [0.25, 0.3) is 0 Å². The topological polar surface area (TPSA) is 9.23 Å². The number of hydrogen-bond acceptors (Lipinski definition) is 1. The van der Waals surface area contributed by atoms with Gasteiger partial charge in [0.2, 0.25) is 0 Å². The van der Waals surface area contributed by atoms with Crippen molar-refractivity contribution < 1.29 is 4.74 Å². The third-order valence-electron chi connectivity index (χ3n) is 2.90. The third-order valence-corrected chi connectivity index (χ3v) is 3.51. The van der Waals surface area contributed by atoms with Crippen LogP contribution in [0.4, 0.5) is 0 Å². The molecule has 0 amide bonds. The molecule has 1 rings (SSSR count). The highest BCUT2D eigenvalue weighted by Crippen LogP contribution is 2.23. The molecule has 1 aliphatic rings. The summed E-state index contributed by atoms with van der Waals surface area (Å²) in [7, 11) is 0. The molecule has 0 aromatic carbocycles. The Morgan fingerprint density at radius 2 is 1.50 bits per heavy atom. The molecule has 0 aliphatic heterocycles. The van der Waals surface area contributed by atoms with E-state index in [1.807, 2.05) is 0 Å². The summed E-state index contributed by atoms with van der Waals surface area (Å²) in [5, 5.41) is 0. The normalized spacial score (nSPS) is 23.1. The van der Waals surface area contributed by atoms with E-state index < -0.39 is 0 Å². The molecule has 1 fully saturated rings. The van der Waals surface area contributed by atoms with Crippen LogP contribution in [0.2, 0.25) is 0 Å². The van der Waals surface area contributed by atoms with E-state index in [1.165, 1.54) is 44.9 Å². The molecule has 0 N–H and O–H groups in total. The van der Waals surface area contributed by atoms with E-state index in [0.717, 1.165) is 0 Å². The van der Waals surface area contributed by atoms with Gasteiger partial charge in [-0.25, -0.2) is 0 Å². The Labute approximate surface area is 93.2 Å². The molecular formula is C12H23ClO. The van der Waals surface area contributed by atoms with Gasteiger partial charge in [0.05, 0.1) is 6.10 Å². The largest absolute Gasteiger partial charge is 0.359 e. The number of halogens is 1. The monoisotopic (exact) mass is 218 g/mol. The van der Waals surface area contributed by atoms with Gasteiger partial charge in [-0.3, -0.25) is 0 Å². The zero-order valence-corrected chi connectivity index (χ0v) is 10.2. The van der Waals surface area contributed by atoms with E-state index in [9.17, 15) is 0 Å². The lowest BCUT2D eigenvalue weighted by Crippen LogP contribution is -2.22. The number of hydrogen-bond donors (Lipinski definition) is 0. The van der Waals surface area contributed by atoms with Crippen LogP contribution in [0.5, 0.6) is 0 Å². The fourth-order valence-corrected chi connectivity index (χ4v) is 2.04. The summed E-state index contributed by atoms with van der Waals surface area (Å²) in [5.41, 5.74) is -0.0978. The van der Waals surface area contributed by atoms with E-state index in [0.29, 0.717) is 12.0 Å². The Balaban J connectivity index is 2.26. The summed E-state index contributed by atoms with van der Waals surface area (Å²) in [6, 6.07) is 0. The molecule has 1 aliphatic carbocycles. The van der Waals surface area contributed by atoms with Crippen molar-refractivity contribution in [3.8, 4) is 0 Å². The van der Waals surface area contributed by atoms with Crippen LogP contribution in [0, 0.1) is 5.92 Å². The van der Waals surface area contributed by atoms with Crippen molar-refractivity contribution in [3.63, 3.8) is 0 Å². The van der Waals surface area contributed by atoms with E-state index in [4.69, 9.17) is 16.3 Å². The molecule has 1 nitrogen and oxygen atoms in total. The van der Waals surface area contributed by atoms with Gasteiger partial charge in [-0.15, -0.1) is 0 Å². The highest BCUT2D eigenvalue weighted by atomic mass is 35.5.